The monoisotopic (exact) mass is 453 g/mol. The van der Waals surface area contributed by atoms with Gasteiger partial charge >= 0.3 is 11.9 Å². The second-order valence-electron chi connectivity index (χ2n) is 5.93. The Kier molecular flexibility index (Phi) is 10.2. The fourth-order valence-electron chi connectivity index (χ4n) is 2.41. The van der Waals surface area contributed by atoms with Gasteiger partial charge in [0.25, 0.3) is 0 Å². The van der Waals surface area contributed by atoms with Crippen LogP contribution in [0.4, 0.5) is 0 Å². The molecule has 2 aromatic carbocycles. The summed E-state index contributed by atoms with van der Waals surface area (Å²) in [7, 11) is 0. The molecule has 0 spiro atoms. The average Bonchev–Trinajstić information content (AvgIpc) is 2.69. The number of benzene rings is 2. The number of nitrogens with one attached hydrogen (secondary N) is 1. The van der Waals surface area contributed by atoms with Crippen molar-refractivity contribution in [2.45, 2.75) is 13.5 Å². The van der Waals surface area contributed by atoms with Gasteiger partial charge in [0.1, 0.15) is 17.9 Å². The van der Waals surface area contributed by atoms with E-state index in [9.17, 15) is 14.7 Å². The number of carboxylic acid groups (broad SMARTS) is 2. The van der Waals surface area contributed by atoms with E-state index < -0.39 is 11.9 Å². The Labute approximate surface area is 174 Å². The van der Waals surface area contributed by atoms with Crippen LogP contribution in [0.5, 0.6) is 5.75 Å². The van der Waals surface area contributed by atoms with Crippen molar-refractivity contribution in [1.82, 2.24) is 5.32 Å². The summed E-state index contributed by atoms with van der Waals surface area (Å²) in [6, 6.07) is 11.7. The molecule has 1 aliphatic heterocycles. The van der Waals surface area contributed by atoms with Crippen LogP contribution in [0.25, 0.3) is 0 Å². The minimum absolute atomic E-state index is 0. The topological polar surface area (TPSA) is 105 Å². The van der Waals surface area contributed by atoms with E-state index in [1.165, 1.54) is 18.2 Å². The summed E-state index contributed by atoms with van der Waals surface area (Å²) < 4.78 is 10.5. The van der Waals surface area contributed by atoms with E-state index in [2.05, 4.69) is 5.32 Å². The van der Waals surface area contributed by atoms with E-state index in [0.29, 0.717) is 0 Å². The maximum absolute atomic E-state index is 11.3. The fraction of sp³-hybridized carbons (Fsp3) is 0.300. The van der Waals surface area contributed by atoms with Crippen molar-refractivity contribution >= 4 is 28.9 Å². The Morgan fingerprint density at radius 1 is 1.04 bits per heavy atom. The van der Waals surface area contributed by atoms with Gasteiger partial charge in [0.2, 0.25) is 0 Å². The molecule has 3 N–H and O–H groups in total. The van der Waals surface area contributed by atoms with Gasteiger partial charge in [-0.2, -0.15) is 0 Å². The Bertz CT molecular complexity index is 763. The minimum atomic E-state index is -1.33. The molecule has 1 saturated heterocycles. The molecule has 0 atom stereocenters. The standard InChI is InChI=1S/C16H14O5.C4H9NO.BrH/c1-10-5-7-11(8-6-10)9-21-13-4-2-3-12(15(17)18)14(13)16(19)20;1-3-6-4-2-5-1;/h2-8H,9H2,1H3,(H,17,18)(H,19,20);5H,1-4H2;1H. The second-order valence-corrected chi connectivity index (χ2v) is 5.93. The number of hydrogen-bond donors (Lipinski definition) is 3. The van der Waals surface area contributed by atoms with E-state index in [4.69, 9.17) is 14.6 Å². The summed E-state index contributed by atoms with van der Waals surface area (Å²) in [6.45, 7) is 5.97. The molecule has 7 nitrogen and oxygen atoms in total. The van der Waals surface area contributed by atoms with Crippen molar-refractivity contribution in [3.8, 4) is 5.75 Å². The third-order valence-electron chi connectivity index (χ3n) is 3.83. The maximum atomic E-state index is 11.3. The molecule has 0 amide bonds. The molecule has 28 heavy (non-hydrogen) atoms. The van der Waals surface area contributed by atoms with Crippen LogP contribution >= 0.6 is 17.0 Å². The molecule has 1 heterocycles. The van der Waals surface area contributed by atoms with Gasteiger partial charge in [0, 0.05) is 13.1 Å². The largest absolute Gasteiger partial charge is 0.488 e. The molecule has 2 aromatic rings. The molecule has 0 aliphatic carbocycles. The predicted octanol–water partition coefficient (Wildman–Crippen LogP) is 3.15. The first-order chi connectivity index (χ1) is 13.0. The third-order valence-corrected chi connectivity index (χ3v) is 3.83. The van der Waals surface area contributed by atoms with Gasteiger partial charge < -0.3 is 25.0 Å². The van der Waals surface area contributed by atoms with Gasteiger partial charge in [0.05, 0.1) is 18.8 Å². The second kappa shape index (κ2) is 12.1. The lowest BCUT2D eigenvalue weighted by molar-refractivity contribution is 0.0647. The quantitative estimate of drug-likeness (QED) is 0.638. The summed E-state index contributed by atoms with van der Waals surface area (Å²) in [5, 5.41) is 21.4. The van der Waals surface area contributed by atoms with Crippen LogP contribution in [-0.2, 0) is 11.3 Å². The van der Waals surface area contributed by atoms with Crippen molar-refractivity contribution in [3.63, 3.8) is 0 Å². The highest BCUT2D eigenvalue weighted by atomic mass is 79.9. The molecule has 8 heteroatoms. The third kappa shape index (κ3) is 7.30. The van der Waals surface area contributed by atoms with Crippen LogP contribution < -0.4 is 10.1 Å². The maximum Gasteiger partial charge on any atom is 0.340 e. The van der Waals surface area contributed by atoms with Gasteiger partial charge in [-0.1, -0.05) is 35.9 Å². The van der Waals surface area contributed by atoms with E-state index in [0.717, 1.165) is 37.4 Å². The molecule has 0 bridgehead atoms. The number of carbonyl (C=O) groups is 2. The smallest absolute Gasteiger partial charge is 0.340 e. The number of morpholine rings is 1. The summed E-state index contributed by atoms with van der Waals surface area (Å²) >= 11 is 0. The lowest BCUT2D eigenvalue weighted by atomic mass is 10.1. The summed E-state index contributed by atoms with van der Waals surface area (Å²) in [5.41, 5.74) is 1.36. The predicted molar refractivity (Wildman–Crippen MR) is 110 cm³/mol. The van der Waals surface area contributed by atoms with E-state index >= 15 is 0 Å². The van der Waals surface area contributed by atoms with Crippen molar-refractivity contribution in [3.05, 3.63) is 64.7 Å². The van der Waals surface area contributed by atoms with Gasteiger partial charge in [-0.25, -0.2) is 9.59 Å². The first kappa shape index (κ1) is 23.6. The zero-order chi connectivity index (χ0) is 19.6. The Balaban J connectivity index is 0.000000478. The highest BCUT2D eigenvalue weighted by molar-refractivity contribution is 8.93. The lowest BCUT2D eigenvalue weighted by Crippen LogP contribution is -2.30. The number of carboxylic acids is 2. The lowest BCUT2D eigenvalue weighted by Gasteiger charge is -2.11. The van der Waals surface area contributed by atoms with Crippen LogP contribution in [0.3, 0.4) is 0 Å². The van der Waals surface area contributed by atoms with Crippen LogP contribution in [0.2, 0.25) is 0 Å². The summed E-state index contributed by atoms with van der Waals surface area (Å²) in [6.07, 6.45) is 0. The molecule has 3 rings (SSSR count). The normalized spacial score (nSPS) is 12.8. The van der Waals surface area contributed by atoms with Crippen molar-refractivity contribution in [2.75, 3.05) is 26.3 Å². The number of hydrogen-bond acceptors (Lipinski definition) is 5. The molecule has 0 saturated carbocycles. The van der Waals surface area contributed by atoms with Gasteiger partial charge in [-0.3, -0.25) is 0 Å². The Morgan fingerprint density at radius 2 is 1.68 bits per heavy atom. The molecule has 152 valence electrons. The van der Waals surface area contributed by atoms with Crippen molar-refractivity contribution in [1.29, 1.82) is 0 Å². The summed E-state index contributed by atoms with van der Waals surface area (Å²) in [4.78, 5) is 22.3. The number of halogens is 1. The molecule has 0 aromatic heterocycles. The molecule has 0 unspecified atom stereocenters. The van der Waals surface area contributed by atoms with Crippen molar-refractivity contribution in [2.24, 2.45) is 0 Å². The molecule has 0 radical (unpaired) electrons. The highest BCUT2D eigenvalue weighted by Crippen LogP contribution is 2.24. The van der Waals surface area contributed by atoms with Crippen LogP contribution in [0, 0.1) is 6.92 Å². The fourth-order valence-corrected chi connectivity index (χ4v) is 2.41. The molecule has 1 aliphatic rings. The zero-order valence-corrected chi connectivity index (χ0v) is 17.2. The molecule has 1 fully saturated rings. The van der Waals surface area contributed by atoms with E-state index in [1.54, 1.807) is 0 Å². The first-order valence-corrected chi connectivity index (χ1v) is 8.55. The van der Waals surface area contributed by atoms with Gasteiger partial charge in [-0.05, 0) is 24.6 Å². The first-order valence-electron chi connectivity index (χ1n) is 8.55. The number of aryl methyl sites for hydroxylation is 1. The average molecular weight is 454 g/mol. The Hall–Kier alpha value is -2.42. The molecular formula is C20H24BrNO6. The van der Waals surface area contributed by atoms with E-state index in [-0.39, 0.29) is 40.5 Å². The minimum Gasteiger partial charge on any atom is -0.488 e. The highest BCUT2D eigenvalue weighted by Gasteiger charge is 2.21. The number of aromatic carboxylic acids is 2. The molecular weight excluding hydrogens is 430 g/mol. The van der Waals surface area contributed by atoms with E-state index in [1.807, 2.05) is 31.2 Å². The van der Waals surface area contributed by atoms with Crippen LogP contribution in [0.1, 0.15) is 31.8 Å². The van der Waals surface area contributed by atoms with Gasteiger partial charge in [0.15, 0.2) is 0 Å². The zero-order valence-electron chi connectivity index (χ0n) is 15.5. The van der Waals surface area contributed by atoms with Gasteiger partial charge in [-0.15, -0.1) is 17.0 Å². The van der Waals surface area contributed by atoms with Crippen molar-refractivity contribution < 1.29 is 29.3 Å². The summed E-state index contributed by atoms with van der Waals surface area (Å²) in [5.74, 6) is -2.58. The van der Waals surface area contributed by atoms with Crippen LogP contribution in [0.15, 0.2) is 42.5 Å². The Morgan fingerprint density at radius 3 is 2.14 bits per heavy atom. The number of ether oxygens (including phenoxy) is 2. The SMILES string of the molecule is Br.C1COCCN1.Cc1ccc(COc2cccc(C(=O)O)c2C(=O)O)cc1. The number of rotatable bonds is 5. The van der Waals surface area contributed by atoms with Crippen LogP contribution in [-0.4, -0.2) is 48.5 Å².